The quantitative estimate of drug-likeness (QED) is 0.784. The van der Waals surface area contributed by atoms with Gasteiger partial charge >= 0.3 is 0 Å². The molecule has 0 aliphatic carbocycles. The Morgan fingerprint density at radius 1 is 1.53 bits per heavy atom. The lowest BCUT2D eigenvalue weighted by Gasteiger charge is -2.16. The molecular formula is C10H17F2N3. The van der Waals surface area contributed by atoms with Gasteiger partial charge in [0.05, 0.1) is 6.04 Å². The molecule has 1 aromatic rings. The summed E-state index contributed by atoms with van der Waals surface area (Å²) in [5.74, 6) is 0. The Balaban J connectivity index is 2.43. The van der Waals surface area contributed by atoms with Crippen molar-refractivity contribution in [3.05, 3.63) is 18.0 Å². The number of nitrogens with one attached hydrogen (secondary N) is 1. The molecule has 1 rings (SSSR count). The predicted molar refractivity (Wildman–Crippen MR) is 55.0 cm³/mol. The van der Waals surface area contributed by atoms with E-state index in [1.807, 2.05) is 20.0 Å². The second kappa shape index (κ2) is 5.80. The second-order valence-corrected chi connectivity index (χ2v) is 3.48. The highest BCUT2D eigenvalue weighted by atomic mass is 19.3. The van der Waals surface area contributed by atoms with Crippen molar-refractivity contribution >= 4 is 0 Å². The molecule has 0 saturated heterocycles. The molecule has 0 radical (unpaired) electrons. The van der Waals surface area contributed by atoms with Gasteiger partial charge in [-0.15, -0.1) is 0 Å². The van der Waals surface area contributed by atoms with E-state index < -0.39 is 12.5 Å². The number of hydrogen-bond acceptors (Lipinski definition) is 2. The summed E-state index contributed by atoms with van der Waals surface area (Å²) in [5.41, 5.74) is 0.985. The Hall–Kier alpha value is -0.970. The summed E-state index contributed by atoms with van der Waals surface area (Å²) in [6.07, 6.45) is 0.432. The van der Waals surface area contributed by atoms with Gasteiger partial charge in [0.15, 0.2) is 0 Å². The van der Waals surface area contributed by atoms with E-state index in [1.165, 1.54) is 0 Å². The Kier molecular flexibility index (Phi) is 4.68. The number of halogens is 2. The first-order valence-corrected chi connectivity index (χ1v) is 5.13. The van der Waals surface area contributed by atoms with Crippen molar-refractivity contribution < 1.29 is 8.78 Å². The van der Waals surface area contributed by atoms with E-state index in [-0.39, 0.29) is 0 Å². The van der Waals surface area contributed by atoms with Crippen molar-refractivity contribution in [1.29, 1.82) is 0 Å². The predicted octanol–water partition coefficient (Wildman–Crippen LogP) is 1.60. The van der Waals surface area contributed by atoms with Crippen LogP contribution in [0.5, 0.6) is 0 Å². The van der Waals surface area contributed by atoms with Crippen LogP contribution in [0.4, 0.5) is 8.78 Å². The zero-order chi connectivity index (χ0) is 11.3. The maximum absolute atomic E-state index is 12.5. The van der Waals surface area contributed by atoms with E-state index in [1.54, 1.807) is 10.9 Å². The second-order valence-electron chi connectivity index (χ2n) is 3.48. The van der Waals surface area contributed by atoms with Crippen molar-refractivity contribution in [3.63, 3.8) is 0 Å². The van der Waals surface area contributed by atoms with Gasteiger partial charge in [0, 0.05) is 18.9 Å². The molecule has 0 fully saturated rings. The summed E-state index contributed by atoms with van der Waals surface area (Å²) < 4.78 is 26.8. The average molecular weight is 217 g/mol. The third kappa shape index (κ3) is 3.58. The van der Waals surface area contributed by atoms with Crippen LogP contribution in [0.25, 0.3) is 0 Å². The van der Waals surface area contributed by atoms with Crippen molar-refractivity contribution in [2.24, 2.45) is 7.05 Å². The normalized spacial score (nSPS) is 13.4. The lowest BCUT2D eigenvalue weighted by atomic mass is 10.1. The Morgan fingerprint density at radius 3 is 2.73 bits per heavy atom. The molecule has 1 atom stereocenters. The number of rotatable bonds is 6. The number of hydrogen-bond donors (Lipinski definition) is 1. The molecule has 0 aliphatic heterocycles. The SMILES string of the molecule is CCNC(CCc1ccnn1C)C(F)F. The lowest BCUT2D eigenvalue weighted by molar-refractivity contribution is 0.0949. The van der Waals surface area contributed by atoms with Crippen molar-refractivity contribution in [2.45, 2.75) is 32.2 Å². The molecule has 0 bridgehead atoms. The smallest absolute Gasteiger partial charge is 0.253 e. The first kappa shape index (κ1) is 12.1. The van der Waals surface area contributed by atoms with Crippen LogP contribution in [0, 0.1) is 0 Å². The van der Waals surface area contributed by atoms with Crippen molar-refractivity contribution in [2.75, 3.05) is 6.54 Å². The zero-order valence-corrected chi connectivity index (χ0v) is 9.08. The van der Waals surface area contributed by atoms with Gasteiger partial charge in [-0.3, -0.25) is 4.68 Å². The van der Waals surface area contributed by atoms with Crippen LogP contribution < -0.4 is 5.32 Å². The molecule has 0 saturated carbocycles. The molecule has 1 unspecified atom stereocenters. The molecule has 3 nitrogen and oxygen atoms in total. The largest absolute Gasteiger partial charge is 0.309 e. The summed E-state index contributed by atoms with van der Waals surface area (Å²) in [6.45, 7) is 2.40. The summed E-state index contributed by atoms with van der Waals surface area (Å²) in [4.78, 5) is 0. The van der Waals surface area contributed by atoms with E-state index in [9.17, 15) is 8.78 Å². The lowest BCUT2D eigenvalue weighted by Crippen LogP contribution is -2.35. The van der Waals surface area contributed by atoms with Crippen molar-refractivity contribution in [1.82, 2.24) is 15.1 Å². The fourth-order valence-corrected chi connectivity index (χ4v) is 1.53. The van der Waals surface area contributed by atoms with Crippen LogP contribution in [0.3, 0.4) is 0 Å². The van der Waals surface area contributed by atoms with Crippen LogP contribution in [0.2, 0.25) is 0 Å². The maximum atomic E-state index is 12.5. The van der Waals surface area contributed by atoms with E-state index >= 15 is 0 Å². The highest BCUT2D eigenvalue weighted by molar-refractivity contribution is 5.00. The zero-order valence-electron chi connectivity index (χ0n) is 9.08. The molecule has 86 valence electrons. The Morgan fingerprint density at radius 2 is 2.27 bits per heavy atom. The van der Waals surface area contributed by atoms with E-state index in [4.69, 9.17) is 0 Å². The summed E-state index contributed by atoms with van der Waals surface area (Å²) >= 11 is 0. The highest BCUT2D eigenvalue weighted by Gasteiger charge is 2.18. The van der Waals surface area contributed by atoms with Crippen molar-refractivity contribution in [3.8, 4) is 0 Å². The van der Waals surface area contributed by atoms with E-state index in [2.05, 4.69) is 10.4 Å². The Bertz CT molecular complexity index is 286. The van der Waals surface area contributed by atoms with Crippen LogP contribution in [-0.2, 0) is 13.5 Å². The third-order valence-corrected chi connectivity index (χ3v) is 2.40. The van der Waals surface area contributed by atoms with Gasteiger partial charge in [-0.2, -0.15) is 5.10 Å². The summed E-state index contributed by atoms with van der Waals surface area (Å²) in [7, 11) is 1.82. The minimum absolute atomic E-state index is 0.436. The van der Waals surface area contributed by atoms with E-state index in [0.717, 1.165) is 5.69 Å². The summed E-state index contributed by atoms with van der Waals surface area (Å²) in [6, 6.07) is 1.14. The van der Waals surface area contributed by atoms with Gasteiger partial charge in [-0.25, -0.2) is 8.78 Å². The number of aryl methyl sites for hydroxylation is 2. The van der Waals surface area contributed by atoms with Gasteiger partial charge < -0.3 is 5.32 Å². The number of aromatic nitrogens is 2. The van der Waals surface area contributed by atoms with Crippen LogP contribution >= 0.6 is 0 Å². The molecule has 5 heteroatoms. The highest BCUT2D eigenvalue weighted by Crippen LogP contribution is 2.09. The molecule has 0 spiro atoms. The van der Waals surface area contributed by atoms with Crippen LogP contribution in [-0.4, -0.2) is 28.8 Å². The minimum Gasteiger partial charge on any atom is -0.309 e. The Labute approximate surface area is 88.5 Å². The summed E-state index contributed by atoms with van der Waals surface area (Å²) in [5, 5.41) is 6.78. The standard InChI is InChI=1S/C10H17F2N3/c1-3-13-9(10(11)12)5-4-8-6-7-14-15(8)2/h6-7,9-10,13H,3-5H2,1-2H3. The molecule has 1 aromatic heterocycles. The molecule has 1 N–H and O–H groups in total. The van der Waals surface area contributed by atoms with E-state index in [0.29, 0.717) is 19.4 Å². The van der Waals surface area contributed by atoms with Gasteiger partial charge in [0.1, 0.15) is 0 Å². The van der Waals surface area contributed by atoms with Gasteiger partial charge in [0.2, 0.25) is 0 Å². The first-order chi connectivity index (χ1) is 7.15. The van der Waals surface area contributed by atoms with Crippen LogP contribution in [0.1, 0.15) is 19.0 Å². The molecular weight excluding hydrogens is 200 g/mol. The molecule has 15 heavy (non-hydrogen) atoms. The topological polar surface area (TPSA) is 29.9 Å². The molecule has 0 aliphatic rings. The average Bonchev–Trinajstić information content (AvgIpc) is 2.58. The monoisotopic (exact) mass is 217 g/mol. The van der Waals surface area contributed by atoms with Gasteiger partial charge in [-0.05, 0) is 25.5 Å². The number of alkyl halides is 2. The molecule has 1 heterocycles. The van der Waals surface area contributed by atoms with Gasteiger partial charge in [-0.1, -0.05) is 6.92 Å². The molecule has 0 aromatic carbocycles. The fraction of sp³-hybridized carbons (Fsp3) is 0.700. The number of nitrogens with zero attached hydrogens (tertiary/aromatic N) is 2. The first-order valence-electron chi connectivity index (χ1n) is 5.13. The minimum atomic E-state index is -2.31. The fourth-order valence-electron chi connectivity index (χ4n) is 1.53. The van der Waals surface area contributed by atoms with Gasteiger partial charge in [0.25, 0.3) is 6.43 Å². The third-order valence-electron chi connectivity index (χ3n) is 2.40. The van der Waals surface area contributed by atoms with Crippen LogP contribution in [0.15, 0.2) is 12.3 Å². The maximum Gasteiger partial charge on any atom is 0.253 e. The molecule has 0 amide bonds.